The van der Waals surface area contributed by atoms with E-state index in [0.717, 1.165) is 0 Å². The molecule has 0 fully saturated rings. The third-order valence-corrected chi connectivity index (χ3v) is 1.06. The maximum Gasteiger partial charge on any atom is 0.270 e. The molecule has 47 valence electrons. The van der Waals surface area contributed by atoms with Gasteiger partial charge in [-0.05, 0) is 13.8 Å². The number of rotatable bonds is 2. The molecule has 8 heavy (non-hydrogen) atoms. The number of ether oxygens (including phenoxy) is 1. The molecule has 0 aliphatic carbocycles. The number of methoxy groups -OCH3 is 1. The van der Waals surface area contributed by atoms with E-state index in [0.29, 0.717) is 0 Å². The lowest BCUT2D eigenvalue weighted by Crippen LogP contribution is -2.34. The summed E-state index contributed by atoms with van der Waals surface area (Å²) in [6, 6.07) is 0. The fourth-order valence-electron chi connectivity index (χ4n) is 0.0927. The minimum atomic E-state index is -0.931. The van der Waals surface area contributed by atoms with Gasteiger partial charge in [-0.1, -0.05) is 0 Å². The van der Waals surface area contributed by atoms with Crippen LogP contribution in [-0.4, -0.2) is 18.6 Å². The third-order valence-electron chi connectivity index (χ3n) is 1.06. The summed E-state index contributed by atoms with van der Waals surface area (Å²) in [5, 5.41) is 0. The van der Waals surface area contributed by atoms with Crippen molar-refractivity contribution in [2.24, 2.45) is 0 Å². The molecule has 0 aromatic rings. The summed E-state index contributed by atoms with van der Waals surface area (Å²) in [7, 11) is 1.41. The molecule has 3 heteroatoms. The molecule has 0 atom stereocenters. The SMILES string of the molecule is COC(C)(C)C([NH])=O. The van der Waals surface area contributed by atoms with Crippen molar-refractivity contribution in [2.75, 3.05) is 7.11 Å². The summed E-state index contributed by atoms with van der Waals surface area (Å²) in [5.74, 6) is -0.694. The van der Waals surface area contributed by atoms with Crippen molar-refractivity contribution in [3.05, 3.63) is 0 Å². The summed E-state index contributed by atoms with van der Waals surface area (Å²) >= 11 is 0. The molecule has 0 saturated heterocycles. The molecule has 0 unspecified atom stereocenters. The maximum absolute atomic E-state index is 10.2. The molecule has 1 radical (unpaired) electrons. The fourth-order valence-corrected chi connectivity index (χ4v) is 0.0927. The molecular weight excluding hydrogens is 106 g/mol. The van der Waals surface area contributed by atoms with Gasteiger partial charge in [0.05, 0.1) is 0 Å². The van der Waals surface area contributed by atoms with Crippen molar-refractivity contribution in [2.45, 2.75) is 19.4 Å². The minimum absolute atomic E-state index is 0.694. The largest absolute Gasteiger partial charge is 0.369 e. The van der Waals surface area contributed by atoms with Gasteiger partial charge >= 0.3 is 0 Å². The zero-order chi connectivity index (χ0) is 6.78. The number of hydrogen-bond acceptors (Lipinski definition) is 2. The Kier molecular flexibility index (Phi) is 1.98. The topological polar surface area (TPSA) is 50.1 Å². The van der Waals surface area contributed by atoms with E-state index in [4.69, 9.17) is 5.73 Å². The van der Waals surface area contributed by atoms with Gasteiger partial charge in [-0.2, -0.15) is 0 Å². The van der Waals surface area contributed by atoms with Crippen LogP contribution >= 0.6 is 0 Å². The van der Waals surface area contributed by atoms with E-state index >= 15 is 0 Å². The second-order valence-electron chi connectivity index (χ2n) is 2.04. The van der Waals surface area contributed by atoms with Gasteiger partial charge in [0, 0.05) is 7.11 Å². The van der Waals surface area contributed by atoms with E-state index < -0.39 is 11.5 Å². The van der Waals surface area contributed by atoms with Crippen LogP contribution in [0.5, 0.6) is 0 Å². The lowest BCUT2D eigenvalue weighted by atomic mass is 10.1. The molecule has 0 aliphatic rings. The van der Waals surface area contributed by atoms with E-state index in [9.17, 15) is 4.79 Å². The van der Waals surface area contributed by atoms with E-state index in [1.807, 2.05) is 0 Å². The van der Waals surface area contributed by atoms with Gasteiger partial charge in [0.1, 0.15) is 5.60 Å². The van der Waals surface area contributed by atoms with E-state index in [1.165, 1.54) is 7.11 Å². The van der Waals surface area contributed by atoms with Crippen molar-refractivity contribution in [1.29, 1.82) is 0 Å². The van der Waals surface area contributed by atoms with Crippen LogP contribution in [0.4, 0.5) is 0 Å². The molecule has 0 saturated carbocycles. The minimum Gasteiger partial charge on any atom is -0.369 e. The standard InChI is InChI=1S/C5H10NO2/c1-5(2,8-3)4(6)7/h6H,1-3H3. The number of amides is 1. The maximum atomic E-state index is 10.2. The van der Waals surface area contributed by atoms with Crippen molar-refractivity contribution in [3.63, 3.8) is 0 Å². The predicted octanol–water partition coefficient (Wildman–Crippen LogP) is 0.221. The number of hydrogen-bond donors (Lipinski definition) is 0. The van der Waals surface area contributed by atoms with Crippen molar-refractivity contribution >= 4 is 5.91 Å². The Morgan fingerprint density at radius 3 is 2.00 bits per heavy atom. The van der Waals surface area contributed by atoms with Gasteiger partial charge in [0.15, 0.2) is 0 Å². The Balaban J connectivity index is 3.91. The molecule has 0 heterocycles. The average molecular weight is 116 g/mol. The van der Waals surface area contributed by atoms with Crippen LogP contribution in [0, 0.1) is 0 Å². The van der Waals surface area contributed by atoms with Crippen LogP contribution in [0.1, 0.15) is 13.8 Å². The highest BCUT2D eigenvalue weighted by atomic mass is 16.5. The van der Waals surface area contributed by atoms with Gasteiger partial charge < -0.3 is 4.74 Å². The second-order valence-corrected chi connectivity index (χ2v) is 2.04. The Bertz CT molecular complexity index is 98.6. The van der Waals surface area contributed by atoms with Gasteiger partial charge in [0.2, 0.25) is 0 Å². The van der Waals surface area contributed by atoms with Crippen LogP contribution in [0.3, 0.4) is 0 Å². The van der Waals surface area contributed by atoms with Crippen LogP contribution in [-0.2, 0) is 9.53 Å². The number of carbonyl (C=O) groups is 1. The summed E-state index contributed by atoms with van der Waals surface area (Å²) in [6.45, 7) is 3.12. The van der Waals surface area contributed by atoms with E-state index in [2.05, 4.69) is 4.74 Å². The molecule has 0 aliphatic heterocycles. The fraction of sp³-hybridized carbons (Fsp3) is 0.800. The first-order valence-corrected chi connectivity index (χ1v) is 2.32. The summed E-state index contributed by atoms with van der Waals surface area (Å²) in [5.41, 5.74) is 5.69. The van der Waals surface area contributed by atoms with Gasteiger partial charge in [-0.25, -0.2) is 0 Å². The lowest BCUT2D eigenvalue weighted by molar-refractivity contribution is -0.136. The Morgan fingerprint density at radius 1 is 1.62 bits per heavy atom. The number of carbonyl (C=O) groups excluding carboxylic acids is 1. The molecule has 1 N–H and O–H groups in total. The number of nitrogens with one attached hydrogen (secondary N) is 1. The first kappa shape index (κ1) is 7.43. The van der Waals surface area contributed by atoms with Crippen molar-refractivity contribution in [3.8, 4) is 0 Å². The summed E-state index contributed by atoms with van der Waals surface area (Å²) in [4.78, 5) is 10.2. The summed E-state index contributed by atoms with van der Waals surface area (Å²) < 4.78 is 4.66. The normalized spacial score (nSPS) is 11.4. The molecule has 0 bridgehead atoms. The zero-order valence-electron chi connectivity index (χ0n) is 5.32. The Labute approximate surface area is 48.8 Å². The first-order chi connectivity index (χ1) is 3.50. The predicted molar refractivity (Wildman–Crippen MR) is 29.2 cm³/mol. The zero-order valence-corrected chi connectivity index (χ0v) is 5.32. The van der Waals surface area contributed by atoms with Crippen LogP contribution in [0.25, 0.3) is 0 Å². The molecule has 0 spiro atoms. The Hall–Kier alpha value is -0.570. The quantitative estimate of drug-likeness (QED) is 0.518. The molecule has 3 nitrogen and oxygen atoms in total. The highest BCUT2D eigenvalue weighted by Crippen LogP contribution is 2.04. The molecular formula is C5H10NO2. The Morgan fingerprint density at radius 2 is 2.00 bits per heavy atom. The van der Waals surface area contributed by atoms with Crippen LogP contribution in [0.15, 0.2) is 0 Å². The van der Waals surface area contributed by atoms with Gasteiger partial charge in [-0.15, -0.1) is 0 Å². The van der Waals surface area contributed by atoms with Gasteiger partial charge in [0.25, 0.3) is 5.91 Å². The second kappa shape index (κ2) is 2.13. The highest BCUT2D eigenvalue weighted by Gasteiger charge is 2.23. The molecule has 0 aromatic carbocycles. The van der Waals surface area contributed by atoms with E-state index in [1.54, 1.807) is 13.8 Å². The first-order valence-electron chi connectivity index (χ1n) is 2.32. The molecule has 0 aromatic heterocycles. The third kappa shape index (κ3) is 1.50. The smallest absolute Gasteiger partial charge is 0.270 e. The monoisotopic (exact) mass is 116 g/mol. The van der Waals surface area contributed by atoms with Gasteiger partial charge in [-0.3, -0.25) is 10.5 Å². The lowest BCUT2D eigenvalue weighted by Gasteiger charge is -2.16. The van der Waals surface area contributed by atoms with E-state index in [-0.39, 0.29) is 0 Å². The molecule has 1 amide bonds. The summed E-state index contributed by atoms with van der Waals surface area (Å²) in [6.07, 6.45) is 0. The highest BCUT2D eigenvalue weighted by molar-refractivity contribution is 5.81. The van der Waals surface area contributed by atoms with Crippen molar-refractivity contribution in [1.82, 2.24) is 5.73 Å². The molecule has 0 rings (SSSR count). The van der Waals surface area contributed by atoms with Crippen molar-refractivity contribution < 1.29 is 9.53 Å². The van der Waals surface area contributed by atoms with Crippen LogP contribution in [0.2, 0.25) is 0 Å². The van der Waals surface area contributed by atoms with Crippen LogP contribution < -0.4 is 5.73 Å². The average Bonchev–Trinajstić information content (AvgIpc) is 1.67.